The number of benzene rings is 2. The first kappa shape index (κ1) is 29.2. The van der Waals surface area contributed by atoms with Gasteiger partial charge in [0.05, 0.1) is 0 Å². The minimum absolute atomic E-state index is 0.271. The van der Waals surface area contributed by atoms with E-state index in [0.29, 0.717) is 37.2 Å². The van der Waals surface area contributed by atoms with Gasteiger partial charge in [0.15, 0.2) is 0 Å². The molecule has 2 aromatic rings. The smallest absolute Gasteiger partial charge is 0.408 e. The second kappa shape index (κ2) is 14.5. The van der Waals surface area contributed by atoms with Crippen molar-refractivity contribution in [2.75, 3.05) is 18.6 Å². The van der Waals surface area contributed by atoms with Gasteiger partial charge in [0.25, 0.3) is 0 Å². The molecule has 0 bridgehead atoms. The molecule has 2 atom stereocenters. The van der Waals surface area contributed by atoms with Crippen LogP contribution >= 0.6 is 11.8 Å². The van der Waals surface area contributed by atoms with Gasteiger partial charge in [-0.05, 0) is 56.7 Å². The Morgan fingerprint density at radius 1 is 1.00 bits per heavy atom. The molecule has 0 radical (unpaired) electrons. The van der Waals surface area contributed by atoms with Crippen molar-refractivity contribution in [1.29, 1.82) is 0 Å². The molecule has 7 nitrogen and oxygen atoms in total. The summed E-state index contributed by atoms with van der Waals surface area (Å²) in [7, 11) is 0. The molecule has 196 valence electrons. The zero-order valence-corrected chi connectivity index (χ0v) is 22.8. The molecular formula is C28H39N3O4S. The van der Waals surface area contributed by atoms with Crippen molar-refractivity contribution in [2.45, 2.75) is 64.8 Å². The van der Waals surface area contributed by atoms with Crippen molar-refractivity contribution >= 4 is 29.7 Å². The Kier molecular flexibility index (Phi) is 11.8. The molecule has 3 amide bonds. The van der Waals surface area contributed by atoms with E-state index >= 15 is 0 Å². The van der Waals surface area contributed by atoms with E-state index in [1.54, 1.807) is 37.4 Å². The number of nitrogens with zero attached hydrogens (tertiary/aromatic N) is 1. The lowest BCUT2D eigenvalue weighted by atomic mass is 10.0. The Labute approximate surface area is 219 Å². The number of carbonyl (C=O) groups excluding carboxylic acids is 3. The van der Waals surface area contributed by atoms with Crippen LogP contribution in [-0.2, 0) is 20.9 Å². The highest BCUT2D eigenvalue weighted by atomic mass is 32.2. The maximum atomic E-state index is 13.9. The number of hydrogen-bond acceptors (Lipinski definition) is 5. The molecule has 2 N–H and O–H groups in total. The summed E-state index contributed by atoms with van der Waals surface area (Å²) in [6, 6.07) is 17.3. The van der Waals surface area contributed by atoms with Gasteiger partial charge >= 0.3 is 6.09 Å². The van der Waals surface area contributed by atoms with Crippen LogP contribution in [0.25, 0.3) is 0 Å². The van der Waals surface area contributed by atoms with E-state index in [-0.39, 0.29) is 11.8 Å². The van der Waals surface area contributed by atoms with Crippen molar-refractivity contribution in [3.05, 3.63) is 71.8 Å². The first-order valence-corrected chi connectivity index (χ1v) is 13.7. The normalized spacial score (nSPS) is 12.8. The van der Waals surface area contributed by atoms with Crippen molar-refractivity contribution in [3.63, 3.8) is 0 Å². The van der Waals surface area contributed by atoms with Crippen LogP contribution < -0.4 is 10.6 Å². The molecule has 0 aliphatic carbocycles. The molecule has 36 heavy (non-hydrogen) atoms. The van der Waals surface area contributed by atoms with Crippen LogP contribution in [0, 0.1) is 0 Å². The van der Waals surface area contributed by atoms with Crippen LogP contribution in [0.1, 0.15) is 57.7 Å². The number of hydrogen-bond donors (Lipinski definition) is 2. The zero-order chi connectivity index (χ0) is 26.6. The van der Waals surface area contributed by atoms with E-state index in [1.807, 2.05) is 73.8 Å². The molecule has 0 spiro atoms. The maximum Gasteiger partial charge on any atom is 0.408 e. The van der Waals surface area contributed by atoms with Gasteiger partial charge in [-0.25, -0.2) is 4.79 Å². The molecule has 2 unspecified atom stereocenters. The standard InChI is InChI=1S/C28H39N3O4S/c1-6-18-31(26(33)23(17-19-36-5)30-27(34)35-28(2,3)4)24(22-15-11-8-12-16-22)25(32)29-20-21-13-9-7-10-14-21/h7-16,23-24H,6,17-20H2,1-5H3,(H,29,32)(H,30,34). The number of nitrogens with one attached hydrogen (secondary N) is 2. The number of ether oxygens (including phenoxy) is 1. The second-order valence-electron chi connectivity index (χ2n) is 9.53. The Morgan fingerprint density at radius 2 is 1.61 bits per heavy atom. The molecule has 0 aliphatic heterocycles. The van der Waals surface area contributed by atoms with E-state index in [4.69, 9.17) is 4.74 Å². The number of rotatable bonds is 12. The fourth-order valence-corrected chi connectivity index (χ4v) is 4.21. The molecule has 0 saturated heterocycles. The quantitative estimate of drug-likeness (QED) is 0.420. The topological polar surface area (TPSA) is 87.7 Å². The average Bonchev–Trinajstić information content (AvgIpc) is 2.84. The van der Waals surface area contributed by atoms with Crippen LogP contribution in [0.15, 0.2) is 60.7 Å². The van der Waals surface area contributed by atoms with Gasteiger partial charge in [-0.3, -0.25) is 9.59 Å². The Hall–Kier alpha value is -3.00. The summed E-state index contributed by atoms with van der Waals surface area (Å²) < 4.78 is 5.41. The van der Waals surface area contributed by atoms with Gasteiger partial charge < -0.3 is 20.3 Å². The number of amides is 3. The van der Waals surface area contributed by atoms with E-state index < -0.39 is 23.8 Å². The van der Waals surface area contributed by atoms with E-state index in [2.05, 4.69) is 10.6 Å². The van der Waals surface area contributed by atoms with Crippen LogP contribution in [0.5, 0.6) is 0 Å². The summed E-state index contributed by atoms with van der Waals surface area (Å²) >= 11 is 1.59. The molecule has 2 aromatic carbocycles. The summed E-state index contributed by atoms with van der Waals surface area (Å²) in [5, 5.41) is 5.75. The van der Waals surface area contributed by atoms with Crippen LogP contribution in [0.4, 0.5) is 4.79 Å². The SMILES string of the molecule is CCCN(C(=O)C(CCSC)NC(=O)OC(C)(C)C)C(C(=O)NCc1ccccc1)c1ccccc1. The van der Waals surface area contributed by atoms with Crippen LogP contribution in [-0.4, -0.2) is 53.0 Å². The van der Waals surface area contributed by atoms with Gasteiger partial charge in [-0.2, -0.15) is 11.8 Å². The predicted octanol–water partition coefficient (Wildman–Crippen LogP) is 4.93. The summed E-state index contributed by atoms with van der Waals surface area (Å²) in [6.07, 6.45) is 2.38. The first-order chi connectivity index (χ1) is 17.2. The van der Waals surface area contributed by atoms with Crippen molar-refractivity contribution in [1.82, 2.24) is 15.5 Å². The predicted molar refractivity (Wildman–Crippen MR) is 146 cm³/mol. The third-order valence-corrected chi connectivity index (χ3v) is 5.98. The van der Waals surface area contributed by atoms with E-state index in [0.717, 1.165) is 5.56 Å². The molecule has 0 saturated carbocycles. The van der Waals surface area contributed by atoms with Gasteiger partial charge in [0.2, 0.25) is 11.8 Å². The monoisotopic (exact) mass is 513 g/mol. The summed E-state index contributed by atoms with van der Waals surface area (Å²) in [4.78, 5) is 41.6. The van der Waals surface area contributed by atoms with Gasteiger partial charge in [0.1, 0.15) is 17.7 Å². The highest BCUT2D eigenvalue weighted by Gasteiger charge is 2.35. The fraction of sp³-hybridized carbons (Fsp3) is 0.464. The minimum atomic E-state index is -0.834. The Balaban J connectivity index is 2.35. The number of thioether (sulfide) groups is 1. The highest BCUT2D eigenvalue weighted by molar-refractivity contribution is 7.98. The maximum absolute atomic E-state index is 13.9. The molecule has 0 aliphatic rings. The third kappa shape index (κ3) is 9.57. The summed E-state index contributed by atoms with van der Waals surface area (Å²) in [6.45, 7) is 8.00. The highest BCUT2D eigenvalue weighted by Crippen LogP contribution is 2.24. The van der Waals surface area contributed by atoms with E-state index in [9.17, 15) is 14.4 Å². The Bertz CT molecular complexity index is 964. The molecular weight excluding hydrogens is 474 g/mol. The Morgan fingerprint density at radius 3 is 2.17 bits per heavy atom. The molecule has 8 heteroatoms. The minimum Gasteiger partial charge on any atom is -0.444 e. The molecule has 0 fully saturated rings. The average molecular weight is 514 g/mol. The molecule has 0 heterocycles. The first-order valence-electron chi connectivity index (χ1n) is 12.3. The molecule has 2 rings (SSSR count). The summed E-state index contributed by atoms with van der Waals surface area (Å²) in [5.74, 6) is 0.0933. The van der Waals surface area contributed by atoms with Gasteiger partial charge in [-0.15, -0.1) is 0 Å². The van der Waals surface area contributed by atoms with Crippen LogP contribution in [0.3, 0.4) is 0 Å². The zero-order valence-electron chi connectivity index (χ0n) is 22.0. The molecule has 0 aromatic heterocycles. The largest absolute Gasteiger partial charge is 0.444 e. The van der Waals surface area contributed by atoms with E-state index in [1.165, 1.54) is 0 Å². The van der Waals surface area contributed by atoms with Crippen molar-refractivity contribution in [3.8, 4) is 0 Å². The third-order valence-electron chi connectivity index (χ3n) is 5.33. The lowest BCUT2D eigenvalue weighted by Crippen LogP contribution is -2.53. The second-order valence-corrected chi connectivity index (χ2v) is 10.5. The van der Waals surface area contributed by atoms with Gasteiger partial charge in [-0.1, -0.05) is 67.6 Å². The van der Waals surface area contributed by atoms with Crippen molar-refractivity contribution < 1.29 is 19.1 Å². The number of alkyl carbamates (subject to hydrolysis) is 1. The fourth-order valence-electron chi connectivity index (χ4n) is 3.74. The lowest BCUT2D eigenvalue weighted by molar-refractivity contribution is -0.142. The van der Waals surface area contributed by atoms with Crippen LogP contribution in [0.2, 0.25) is 0 Å². The lowest BCUT2D eigenvalue weighted by Gasteiger charge is -2.34. The van der Waals surface area contributed by atoms with Crippen molar-refractivity contribution in [2.24, 2.45) is 0 Å². The summed E-state index contributed by atoms with van der Waals surface area (Å²) in [5.41, 5.74) is 0.991. The number of carbonyl (C=O) groups is 3. The van der Waals surface area contributed by atoms with Gasteiger partial charge in [0, 0.05) is 13.1 Å².